The number of nitrogens with one attached hydrogen (secondary N) is 2. The van der Waals surface area contributed by atoms with Crippen molar-refractivity contribution in [1.29, 1.82) is 0 Å². The number of ether oxygens (including phenoxy) is 1. The molecule has 1 aliphatic rings. The fraction of sp³-hybridized carbons (Fsp3) is 0.500. The number of nitrogens with zero attached hydrogens (tertiary/aromatic N) is 3. The van der Waals surface area contributed by atoms with Crippen molar-refractivity contribution < 1.29 is 13.9 Å². The highest BCUT2D eigenvalue weighted by Gasteiger charge is 2.29. The molecule has 1 atom stereocenters. The zero-order valence-electron chi connectivity index (χ0n) is 18.5. The molecular weight excluding hydrogens is 417 g/mol. The van der Waals surface area contributed by atoms with Crippen LogP contribution in [0.4, 0.5) is 9.52 Å². The highest BCUT2D eigenvalue weighted by atomic mass is 32.1. The molecule has 1 amide bonds. The van der Waals surface area contributed by atoms with E-state index in [4.69, 9.17) is 9.84 Å². The van der Waals surface area contributed by atoms with Crippen LogP contribution < -0.4 is 10.6 Å². The quantitative estimate of drug-likeness (QED) is 0.554. The molecule has 0 spiro atoms. The molecule has 2 N–H and O–H groups in total. The van der Waals surface area contributed by atoms with E-state index < -0.39 is 12.7 Å². The number of rotatable bonds is 9. The molecule has 0 aliphatic heterocycles. The predicted molar refractivity (Wildman–Crippen MR) is 123 cm³/mol. The van der Waals surface area contributed by atoms with Crippen molar-refractivity contribution in [1.82, 2.24) is 20.1 Å². The van der Waals surface area contributed by atoms with E-state index in [1.54, 1.807) is 11.8 Å². The van der Waals surface area contributed by atoms with Gasteiger partial charge in [0.1, 0.15) is 12.4 Å². The number of aryl methyl sites for hydroxylation is 1. The molecule has 9 heteroatoms. The first-order valence-corrected chi connectivity index (χ1v) is 11.3. The number of allylic oxidation sites excluding steroid dienone is 1. The summed E-state index contributed by atoms with van der Waals surface area (Å²) < 4.78 is 20.7. The number of hydrogen-bond acceptors (Lipinski definition) is 6. The Labute approximate surface area is 186 Å². The maximum atomic E-state index is 13.7. The van der Waals surface area contributed by atoms with Gasteiger partial charge in [0.25, 0.3) is 0 Å². The highest BCUT2D eigenvalue weighted by Crippen LogP contribution is 2.42. The van der Waals surface area contributed by atoms with Gasteiger partial charge in [0.05, 0.1) is 40.9 Å². The number of methoxy groups -OCH3 is 1. The predicted octanol–water partition coefficient (Wildman–Crippen LogP) is 4.48. The molecule has 31 heavy (non-hydrogen) atoms. The summed E-state index contributed by atoms with van der Waals surface area (Å²) in [6.07, 6.45) is 5.20. The Morgan fingerprint density at radius 3 is 2.87 bits per heavy atom. The molecule has 0 saturated carbocycles. The van der Waals surface area contributed by atoms with Crippen LogP contribution in [0.15, 0.2) is 18.4 Å². The van der Waals surface area contributed by atoms with Crippen molar-refractivity contribution in [3.8, 4) is 10.6 Å². The minimum atomic E-state index is -0.521. The third-order valence-electron chi connectivity index (χ3n) is 5.24. The van der Waals surface area contributed by atoms with Crippen LogP contribution in [0.25, 0.3) is 16.3 Å². The van der Waals surface area contributed by atoms with Crippen molar-refractivity contribution in [3.05, 3.63) is 35.4 Å². The summed E-state index contributed by atoms with van der Waals surface area (Å²) in [6.45, 7) is 9.24. The van der Waals surface area contributed by atoms with Gasteiger partial charge >= 0.3 is 0 Å². The molecule has 1 unspecified atom stereocenters. The molecule has 0 radical (unpaired) electrons. The summed E-state index contributed by atoms with van der Waals surface area (Å²) in [7, 11) is 1.61. The van der Waals surface area contributed by atoms with Crippen molar-refractivity contribution >= 4 is 28.1 Å². The van der Waals surface area contributed by atoms with Gasteiger partial charge in [0.15, 0.2) is 5.13 Å². The van der Waals surface area contributed by atoms with Gasteiger partial charge in [0.2, 0.25) is 5.91 Å². The summed E-state index contributed by atoms with van der Waals surface area (Å²) in [4.78, 5) is 17.1. The smallest absolute Gasteiger partial charge is 0.223 e. The van der Waals surface area contributed by atoms with Crippen LogP contribution in [-0.4, -0.2) is 41.0 Å². The van der Waals surface area contributed by atoms with E-state index in [1.807, 2.05) is 19.9 Å². The van der Waals surface area contributed by atoms with E-state index in [2.05, 4.69) is 22.2 Å². The lowest BCUT2D eigenvalue weighted by atomic mass is 10.1. The lowest BCUT2D eigenvalue weighted by Gasteiger charge is -2.12. The molecule has 0 fully saturated rings. The van der Waals surface area contributed by atoms with Gasteiger partial charge in [-0.1, -0.05) is 24.0 Å². The molecule has 0 bridgehead atoms. The second-order valence-corrected chi connectivity index (χ2v) is 8.57. The standard InChI is InChI=1S/C22H30FN5O2S/c1-6-17(24-11-10-14(3)30-5)19-16-8-7-9-18-21(31-22(26-18)25-15(4)29)20(16)28(27-19)13(2)12-23/h6,13,24H,3,7-12H2,1-2,4-5H3,(H,25,26,29). The molecule has 0 saturated heterocycles. The topological polar surface area (TPSA) is 81.1 Å². The molecule has 1 aliphatic carbocycles. The van der Waals surface area contributed by atoms with Gasteiger partial charge < -0.3 is 15.4 Å². The van der Waals surface area contributed by atoms with Crippen LogP contribution in [0.2, 0.25) is 0 Å². The average molecular weight is 448 g/mol. The second-order valence-electron chi connectivity index (χ2n) is 7.58. The maximum Gasteiger partial charge on any atom is 0.223 e. The van der Waals surface area contributed by atoms with Crippen molar-refractivity contribution in [2.45, 2.75) is 52.5 Å². The number of hydrogen-bond donors (Lipinski definition) is 2. The first-order valence-electron chi connectivity index (χ1n) is 10.5. The zero-order valence-corrected chi connectivity index (χ0v) is 19.4. The minimum absolute atomic E-state index is 0.159. The number of halogens is 1. The summed E-state index contributed by atoms with van der Waals surface area (Å²) >= 11 is 1.42. The fourth-order valence-electron chi connectivity index (χ4n) is 3.65. The van der Waals surface area contributed by atoms with Gasteiger partial charge in [-0.25, -0.2) is 9.37 Å². The number of amides is 1. The Bertz CT molecular complexity index is 994. The number of aromatic nitrogens is 3. The number of fused-ring (bicyclic) bond motifs is 3. The number of thiazole rings is 1. The summed E-state index contributed by atoms with van der Waals surface area (Å²) in [5.74, 6) is 0.548. The van der Waals surface area contributed by atoms with Crippen molar-refractivity contribution in [3.63, 3.8) is 0 Å². The summed E-state index contributed by atoms with van der Waals surface area (Å²) in [6, 6.07) is -0.411. The van der Waals surface area contributed by atoms with Gasteiger partial charge in [-0.2, -0.15) is 5.10 Å². The third kappa shape index (κ3) is 4.98. The van der Waals surface area contributed by atoms with Gasteiger partial charge in [-0.15, -0.1) is 0 Å². The largest absolute Gasteiger partial charge is 0.502 e. The van der Waals surface area contributed by atoms with Crippen LogP contribution >= 0.6 is 11.3 Å². The lowest BCUT2D eigenvalue weighted by molar-refractivity contribution is -0.114. The first-order chi connectivity index (χ1) is 14.9. The lowest BCUT2D eigenvalue weighted by Crippen LogP contribution is -2.16. The molecule has 0 aromatic carbocycles. The molecule has 2 aromatic rings. The normalized spacial score (nSPS) is 14.3. The Hall–Kier alpha value is -2.68. The molecule has 3 rings (SSSR count). The minimum Gasteiger partial charge on any atom is -0.502 e. The zero-order chi connectivity index (χ0) is 22.5. The first kappa shape index (κ1) is 23.0. The summed E-state index contributed by atoms with van der Waals surface area (Å²) in [5, 5.41) is 11.6. The van der Waals surface area contributed by atoms with Crippen LogP contribution in [-0.2, 0) is 22.4 Å². The monoisotopic (exact) mass is 447 g/mol. The number of carbonyl (C=O) groups is 1. The third-order valence-corrected chi connectivity index (χ3v) is 6.26. The Balaban J connectivity index is 2.05. The molecule has 168 valence electrons. The number of anilines is 1. The van der Waals surface area contributed by atoms with Crippen LogP contribution in [0, 0.1) is 0 Å². The van der Waals surface area contributed by atoms with E-state index >= 15 is 0 Å². The fourth-order valence-corrected chi connectivity index (χ4v) is 4.77. The van der Waals surface area contributed by atoms with E-state index in [0.29, 0.717) is 23.9 Å². The molecule has 2 aromatic heterocycles. The van der Waals surface area contributed by atoms with Crippen LogP contribution in [0.1, 0.15) is 56.6 Å². The van der Waals surface area contributed by atoms with E-state index in [9.17, 15) is 9.18 Å². The second kappa shape index (κ2) is 10.1. The van der Waals surface area contributed by atoms with Crippen molar-refractivity contribution in [2.24, 2.45) is 0 Å². The van der Waals surface area contributed by atoms with Gasteiger partial charge in [-0.3, -0.25) is 9.48 Å². The van der Waals surface area contributed by atoms with Gasteiger partial charge in [0, 0.05) is 25.5 Å². The maximum absolute atomic E-state index is 13.7. The molecule has 2 heterocycles. The number of alkyl halides is 1. The van der Waals surface area contributed by atoms with Crippen molar-refractivity contribution in [2.75, 3.05) is 25.6 Å². The average Bonchev–Trinajstić information content (AvgIpc) is 3.26. The highest BCUT2D eigenvalue weighted by molar-refractivity contribution is 7.19. The van der Waals surface area contributed by atoms with Crippen LogP contribution in [0.5, 0.6) is 0 Å². The number of carbonyl (C=O) groups excluding carboxylic acids is 1. The summed E-state index contributed by atoms with van der Waals surface area (Å²) in [5.41, 5.74) is 4.66. The Morgan fingerprint density at radius 2 is 2.23 bits per heavy atom. The van der Waals surface area contributed by atoms with Crippen LogP contribution in [0.3, 0.4) is 0 Å². The van der Waals surface area contributed by atoms with E-state index in [0.717, 1.165) is 52.5 Å². The van der Waals surface area contributed by atoms with E-state index in [1.165, 1.54) is 18.3 Å². The molecule has 7 nitrogen and oxygen atoms in total. The molecular formula is C22H30FN5O2S. The van der Waals surface area contributed by atoms with Gasteiger partial charge in [-0.05, 0) is 33.1 Å². The van der Waals surface area contributed by atoms with E-state index in [-0.39, 0.29) is 5.91 Å². The Morgan fingerprint density at radius 1 is 1.45 bits per heavy atom. The Kier molecular flexibility index (Phi) is 7.48. The SMILES string of the molecule is C=C(CCNC(=CC)c1nn(C(C)CF)c2c1CCCc1nc(NC(C)=O)sc1-2)OC.